The molecule has 0 saturated heterocycles. The summed E-state index contributed by atoms with van der Waals surface area (Å²) < 4.78 is 106. The van der Waals surface area contributed by atoms with Crippen molar-refractivity contribution in [3.63, 3.8) is 0 Å². The topological polar surface area (TPSA) is 85.5 Å². The summed E-state index contributed by atoms with van der Waals surface area (Å²) in [6.07, 6.45) is 0. The molecule has 35 heavy (non-hydrogen) atoms. The van der Waals surface area contributed by atoms with Crippen molar-refractivity contribution in [2.45, 2.75) is 4.90 Å². The van der Waals surface area contributed by atoms with Crippen molar-refractivity contribution in [1.82, 2.24) is 4.98 Å². The predicted molar refractivity (Wildman–Crippen MR) is 118 cm³/mol. The number of H-pyrrole nitrogens is 1. The highest BCUT2D eigenvalue weighted by molar-refractivity contribution is 9.10. The van der Waals surface area contributed by atoms with Gasteiger partial charge in [-0.2, -0.15) is 17.2 Å². The van der Waals surface area contributed by atoms with E-state index in [1.54, 1.807) is 6.07 Å². The van der Waals surface area contributed by atoms with Crippen molar-refractivity contribution in [1.29, 1.82) is 0 Å². The molecule has 1 aromatic heterocycles. The molecule has 0 radical (unpaired) electrons. The highest BCUT2D eigenvalue weighted by Crippen LogP contribution is 2.41. The van der Waals surface area contributed by atoms with E-state index in [0.717, 1.165) is 12.1 Å². The first-order valence-corrected chi connectivity index (χ1v) is 11.6. The van der Waals surface area contributed by atoms with E-state index in [0.29, 0.717) is 4.47 Å². The van der Waals surface area contributed by atoms with Crippen LogP contribution in [0.4, 0.5) is 22.0 Å². The molecule has 0 aliphatic rings. The van der Waals surface area contributed by atoms with Crippen molar-refractivity contribution in [2.75, 3.05) is 7.11 Å². The van der Waals surface area contributed by atoms with Crippen LogP contribution in [0, 0.1) is 29.1 Å². The summed E-state index contributed by atoms with van der Waals surface area (Å²) >= 11 is 3.25. The third-order valence-corrected chi connectivity index (χ3v) is 6.69. The molecule has 0 fully saturated rings. The van der Waals surface area contributed by atoms with Gasteiger partial charge in [-0.3, -0.25) is 4.79 Å². The first-order valence-electron chi connectivity index (χ1n) is 9.42. The summed E-state index contributed by atoms with van der Waals surface area (Å²) in [5.41, 5.74) is -0.271. The van der Waals surface area contributed by atoms with Crippen molar-refractivity contribution in [3.05, 3.63) is 86.4 Å². The Morgan fingerprint density at radius 3 is 2.11 bits per heavy atom. The largest absolute Gasteiger partial charge is 0.496 e. The monoisotopic (exact) mass is 575 g/mol. The Hall–Kier alpha value is -3.45. The van der Waals surface area contributed by atoms with Gasteiger partial charge in [-0.25, -0.2) is 13.2 Å². The molecule has 0 atom stereocenters. The number of ether oxygens (including phenoxy) is 1. The quantitative estimate of drug-likeness (QED) is 0.148. The predicted octanol–water partition coefficient (Wildman–Crippen LogP) is 5.43. The fourth-order valence-corrected chi connectivity index (χ4v) is 4.89. The smallest absolute Gasteiger partial charge is 0.340 e. The number of benzene rings is 3. The number of rotatable bonds is 5. The van der Waals surface area contributed by atoms with E-state index in [1.807, 2.05) is 0 Å². The second-order valence-electron chi connectivity index (χ2n) is 7.00. The van der Waals surface area contributed by atoms with Crippen LogP contribution in [-0.4, -0.2) is 20.5 Å². The molecule has 0 saturated carbocycles. The Morgan fingerprint density at radius 1 is 0.857 bits per heavy atom. The zero-order chi connectivity index (χ0) is 25.7. The van der Waals surface area contributed by atoms with Crippen LogP contribution in [0.3, 0.4) is 0 Å². The number of aromatic amines is 1. The Morgan fingerprint density at radius 2 is 1.49 bits per heavy atom. The molecule has 1 heterocycles. The normalized spacial score (nSPS) is 11.6. The molecule has 0 unspecified atom stereocenters. The number of aromatic nitrogens is 1. The zero-order valence-corrected chi connectivity index (χ0v) is 19.7. The van der Waals surface area contributed by atoms with Crippen LogP contribution in [0.2, 0.25) is 0 Å². The van der Waals surface area contributed by atoms with E-state index in [9.17, 15) is 35.2 Å². The van der Waals surface area contributed by atoms with Crippen LogP contribution in [0.5, 0.6) is 11.5 Å². The molecule has 6 nitrogen and oxygen atoms in total. The van der Waals surface area contributed by atoms with E-state index >= 15 is 0 Å². The lowest BCUT2D eigenvalue weighted by atomic mass is 9.99. The summed E-state index contributed by atoms with van der Waals surface area (Å²) in [5.74, 6) is -14.0. The SMILES string of the molecule is COc1cc(Br)ccc1-c1c(S(=O)(=O)Oc2c(F)c(F)c(F)c(F)c2F)ccc2[nH]c(=O)ccc12. The van der Waals surface area contributed by atoms with E-state index in [1.165, 1.54) is 31.4 Å². The van der Waals surface area contributed by atoms with Gasteiger partial charge in [-0.1, -0.05) is 15.9 Å². The maximum absolute atomic E-state index is 14.2. The summed E-state index contributed by atoms with van der Waals surface area (Å²) in [6.45, 7) is 0. The molecule has 1 N–H and O–H groups in total. The fraction of sp³-hybridized carbons (Fsp3) is 0.0455. The van der Waals surface area contributed by atoms with Crippen LogP contribution < -0.4 is 14.5 Å². The third kappa shape index (κ3) is 4.25. The van der Waals surface area contributed by atoms with Crippen molar-refractivity contribution in [2.24, 2.45) is 0 Å². The van der Waals surface area contributed by atoms with Crippen molar-refractivity contribution < 1.29 is 39.3 Å². The standard InChI is InChI=1S/C22H11BrF5NO5S/c1-33-13-8-9(23)2-3-11(13)16-10-4-7-15(30)29-12(10)5-6-14(16)35(31,32)34-22-20(27)18(25)17(24)19(26)21(22)28/h2-8H,1H3,(H,29,30). The van der Waals surface area contributed by atoms with Gasteiger partial charge in [0.2, 0.25) is 40.4 Å². The van der Waals surface area contributed by atoms with Crippen LogP contribution in [0.1, 0.15) is 0 Å². The maximum atomic E-state index is 14.2. The van der Waals surface area contributed by atoms with Gasteiger partial charge in [0.05, 0.1) is 7.11 Å². The minimum atomic E-state index is -5.22. The lowest BCUT2D eigenvalue weighted by Gasteiger charge is -2.17. The summed E-state index contributed by atoms with van der Waals surface area (Å²) in [5, 5.41) is 0.160. The molecule has 0 amide bonds. The molecule has 3 aromatic carbocycles. The van der Waals surface area contributed by atoms with E-state index in [-0.39, 0.29) is 27.8 Å². The lowest BCUT2D eigenvalue weighted by Crippen LogP contribution is -2.16. The van der Waals surface area contributed by atoms with Gasteiger partial charge < -0.3 is 13.9 Å². The number of fused-ring (bicyclic) bond motifs is 1. The van der Waals surface area contributed by atoms with Crippen LogP contribution in [0.15, 0.2) is 56.6 Å². The molecule has 0 bridgehead atoms. The molecule has 4 rings (SSSR count). The Kier molecular flexibility index (Phi) is 6.32. The molecular formula is C22H11BrF5NO5S. The third-order valence-electron chi connectivity index (χ3n) is 4.93. The van der Waals surface area contributed by atoms with E-state index < -0.39 is 55.4 Å². The number of hydrogen-bond donors (Lipinski definition) is 1. The van der Waals surface area contributed by atoms with Crippen LogP contribution in [0.25, 0.3) is 22.0 Å². The highest BCUT2D eigenvalue weighted by atomic mass is 79.9. The molecule has 0 aliphatic heterocycles. The highest BCUT2D eigenvalue weighted by Gasteiger charge is 2.33. The van der Waals surface area contributed by atoms with Gasteiger partial charge in [0.25, 0.3) is 0 Å². The number of hydrogen-bond acceptors (Lipinski definition) is 5. The average Bonchev–Trinajstić information content (AvgIpc) is 2.83. The molecule has 4 aromatic rings. The molecule has 0 aliphatic carbocycles. The molecule has 13 heteroatoms. The number of methoxy groups -OCH3 is 1. The second-order valence-corrected chi connectivity index (χ2v) is 9.43. The Labute approximate surface area is 202 Å². The zero-order valence-electron chi connectivity index (χ0n) is 17.3. The molecule has 0 spiro atoms. The second kappa shape index (κ2) is 8.96. The first kappa shape index (κ1) is 24.7. The van der Waals surface area contributed by atoms with Crippen LogP contribution >= 0.6 is 15.9 Å². The maximum Gasteiger partial charge on any atom is 0.340 e. The average molecular weight is 576 g/mol. The van der Waals surface area contributed by atoms with Gasteiger partial charge in [-0.05, 0) is 36.4 Å². The Bertz CT molecular complexity index is 1640. The van der Waals surface area contributed by atoms with Crippen molar-refractivity contribution in [3.8, 4) is 22.6 Å². The van der Waals surface area contributed by atoms with Gasteiger partial charge in [0.15, 0.2) is 0 Å². The minimum Gasteiger partial charge on any atom is -0.496 e. The number of halogens is 6. The fourth-order valence-electron chi connectivity index (χ4n) is 3.39. The number of pyridine rings is 1. The summed E-state index contributed by atoms with van der Waals surface area (Å²) in [4.78, 5) is 13.6. The van der Waals surface area contributed by atoms with Gasteiger partial charge in [0.1, 0.15) is 10.6 Å². The van der Waals surface area contributed by atoms with Gasteiger partial charge in [0, 0.05) is 32.6 Å². The lowest BCUT2D eigenvalue weighted by molar-refractivity contribution is 0.347. The van der Waals surface area contributed by atoms with E-state index in [2.05, 4.69) is 25.1 Å². The van der Waals surface area contributed by atoms with Gasteiger partial charge in [-0.15, -0.1) is 0 Å². The van der Waals surface area contributed by atoms with Crippen molar-refractivity contribution >= 4 is 37.0 Å². The summed E-state index contributed by atoms with van der Waals surface area (Å²) in [7, 11) is -3.91. The first-order chi connectivity index (χ1) is 16.5. The molecular weight excluding hydrogens is 565 g/mol. The van der Waals surface area contributed by atoms with Gasteiger partial charge >= 0.3 is 10.1 Å². The minimum absolute atomic E-state index is 0.119. The summed E-state index contributed by atoms with van der Waals surface area (Å²) in [6, 6.07) is 9.04. The Balaban J connectivity index is 2.03. The molecule has 182 valence electrons. The number of nitrogens with one attached hydrogen (secondary N) is 1. The van der Waals surface area contributed by atoms with Crippen LogP contribution in [-0.2, 0) is 10.1 Å². The van der Waals surface area contributed by atoms with E-state index in [4.69, 9.17) is 4.74 Å².